The van der Waals surface area contributed by atoms with Crippen molar-refractivity contribution < 1.29 is 34.2 Å². The van der Waals surface area contributed by atoms with E-state index < -0.39 is 40.6 Å². The van der Waals surface area contributed by atoms with Crippen LogP contribution in [-0.2, 0) is 30.6 Å². The molecular weight excluding hydrogens is 613 g/mol. The SMILES string of the molecule is Nc1nc(C(=NOC2C=CCCC2)C(=O)NC2C(=O)N3CC(CSc4nnnn4CCC(=O)O)(C(=O)O)CS[C@H]23)ns1. The molecule has 17 nitrogen and oxygen atoms in total. The lowest BCUT2D eigenvalue weighted by Crippen LogP contribution is -2.74. The fourth-order valence-electron chi connectivity index (χ4n) is 4.46. The van der Waals surface area contributed by atoms with Crippen LogP contribution in [0.2, 0.25) is 0 Å². The van der Waals surface area contributed by atoms with Gasteiger partial charge in [-0.15, -0.1) is 16.9 Å². The Bertz CT molecular complexity index is 1430. The summed E-state index contributed by atoms with van der Waals surface area (Å²) in [6, 6.07) is -0.916. The second kappa shape index (κ2) is 12.6. The van der Waals surface area contributed by atoms with Crippen LogP contribution >= 0.6 is 35.1 Å². The third kappa shape index (κ3) is 6.33. The molecule has 1 aliphatic carbocycles. The molecule has 0 spiro atoms. The molecule has 2 amide bonds. The standard InChI is InChI=1S/C22H26N10O7S3/c23-20-25-15(28-42-20)13(27-39-11-4-2-1-3-5-11)16(35)24-14-17(36)31-8-22(19(37)38,9-40-18(14)31)10-41-21-26-29-30-32(21)7-6-12(33)34/h2,4,11,14,18H,1,3,5-10H2,(H,24,35)(H,33,34)(H,37,38)(H2,23,25,28)/t11?,14?,18-,22?/m1/s1. The van der Waals surface area contributed by atoms with E-state index in [2.05, 4.69) is 35.4 Å². The lowest BCUT2D eigenvalue weighted by Gasteiger charge is -2.53. The Labute approximate surface area is 250 Å². The number of oxime groups is 1. The number of nitrogens with two attached hydrogens (primary N) is 1. The minimum absolute atomic E-state index is 0.0256. The number of β-lactam (4-membered cyclic amide) rings is 1. The summed E-state index contributed by atoms with van der Waals surface area (Å²) in [7, 11) is 0. The maximum atomic E-state index is 13.3. The summed E-state index contributed by atoms with van der Waals surface area (Å²) in [6.45, 7) is -0.0542. The van der Waals surface area contributed by atoms with Crippen molar-refractivity contribution in [2.75, 3.05) is 23.8 Å². The number of carbonyl (C=O) groups excluding carboxylic acids is 2. The van der Waals surface area contributed by atoms with Crippen molar-refractivity contribution >= 4 is 69.7 Å². The Morgan fingerprint density at radius 3 is 2.86 bits per heavy atom. The Kier molecular flexibility index (Phi) is 8.92. The lowest BCUT2D eigenvalue weighted by atomic mass is 9.89. The molecule has 0 aromatic carbocycles. The first-order valence-corrected chi connectivity index (χ1v) is 15.5. The number of hydrogen-bond donors (Lipinski definition) is 4. The third-order valence-corrected chi connectivity index (χ3v) is 10.1. The van der Waals surface area contributed by atoms with E-state index in [4.69, 9.17) is 15.7 Å². The van der Waals surface area contributed by atoms with E-state index >= 15 is 0 Å². The zero-order valence-electron chi connectivity index (χ0n) is 21.9. The maximum Gasteiger partial charge on any atom is 0.313 e. The van der Waals surface area contributed by atoms with Crippen molar-refractivity contribution in [1.82, 2.24) is 39.8 Å². The van der Waals surface area contributed by atoms with E-state index in [1.54, 1.807) is 0 Å². The highest BCUT2D eigenvalue weighted by Gasteiger charge is 2.57. The van der Waals surface area contributed by atoms with Crippen LogP contribution in [0.4, 0.5) is 5.13 Å². The van der Waals surface area contributed by atoms with Crippen LogP contribution in [0, 0.1) is 5.41 Å². The van der Waals surface area contributed by atoms with Gasteiger partial charge in [-0.3, -0.25) is 19.2 Å². The van der Waals surface area contributed by atoms with Crippen LogP contribution in [-0.4, -0.2) is 110 Å². The second-order valence-corrected chi connectivity index (χ2v) is 12.6. The molecule has 42 heavy (non-hydrogen) atoms. The minimum Gasteiger partial charge on any atom is -0.481 e. The van der Waals surface area contributed by atoms with Crippen molar-refractivity contribution in [1.29, 1.82) is 0 Å². The molecule has 3 aliphatic rings. The molecule has 5 rings (SSSR count). The van der Waals surface area contributed by atoms with Crippen LogP contribution in [0.1, 0.15) is 31.5 Å². The highest BCUT2D eigenvalue weighted by atomic mass is 32.2. The lowest BCUT2D eigenvalue weighted by molar-refractivity contribution is -0.157. The molecule has 0 bridgehead atoms. The number of carboxylic acid groups (broad SMARTS) is 2. The summed E-state index contributed by atoms with van der Waals surface area (Å²) in [6.07, 6.45) is 5.92. The molecule has 3 unspecified atom stereocenters. The van der Waals surface area contributed by atoms with Crippen LogP contribution < -0.4 is 11.1 Å². The largest absolute Gasteiger partial charge is 0.481 e. The highest BCUT2D eigenvalue weighted by molar-refractivity contribution is 8.00. The summed E-state index contributed by atoms with van der Waals surface area (Å²) in [5.41, 5.74) is 4.16. The van der Waals surface area contributed by atoms with E-state index in [1.807, 2.05) is 12.2 Å². The number of aliphatic carboxylic acids is 2. The number of nitrogens with zero attached hydrogens (tertiary/aromatic N) is 8. The molecule has 2 aromatic heterocycles. The fraction of sp³-hybridized carbons (Fsp3) is 0.545. The maximum absolute atomic E-state index is 13.3. The van der Waals surface area contributed by atoms with E-state index in [-0.39, 0.29) is 58.9 Å². The van der Waals surface area contributed by atoms with Crippen molar-refractivity contribution in [3.8, 4) is 0 Å². The predicted octanol–water partition coefficient (Wildman–Crippen LogP) is -0.326. The van der Waals surface area contributed by atoms with Gasteiger partial charge in [0.2, 0.25) is 22.6 Å². The van der Waals surface area contributed by atoms with Gasteiger partial charge >= 0.3 is 11.9 Å². The number of amides is 2. The number of rotatable bonds is 12. The van der Waals surface area contributed by atoms with Crippen LogP contribution in [0.5, 0.6) is 0 Å². The van der Waals surface area contributed by atoms with E-state index in [9.17, 15) is 24.3 Å². The molecule has 224 valence electrons. The monoisotopic (exact) mass is 638 g/mol. The van der Waals surface area contributed by atoms with Gasteiger partial charge in [-0.1, -0.05) is 23.0 Å². The number of aryl methyl sites for hydroxylation is 1. The number of allylic oxidation sites excluding steroid dienone is 1. The number of tetrazole rings is 1. The van der Waals surface area contributed by atoms with E-state index in [0.717, 1.165) is 42.6 Å². The molecule has 20 heteroatoms. The number of fused-ring (bicyclic) bond motifs is 1. The van der Waals surface area contributed by atoms with Crippen molar-refractivity contribution in [2.24, 2.45) is 10.6 Å². The molecule has 5 N–H and O–H groups in total. The minimum atomic E-state index is -1.32. The number of hydrogen-bond acceptors (Lipinski definition) is 15. The molecule has 2 fully saturated rings. The summed E-state index contributed by atoms with van der Waals surface area (Å²) >= 11 is 3.20. The molecule has 4 atom stereocenters. The van der Waals surface area contributed by atoms with E-state index in [1.165, 1.54) is 21.3 Å². The Morgan fingerprint density at radius 2 is 2.17 bits per heavy atom. The van der Waals surface area contributed by atoms with Gasteiger partial charge in [0.25, 0.3) is 5.91 Å². The quantitative estimate of drug-likeness (QED) is 0.0765. The first-order valence-electron chi connectivity index (χ1n) is 12.7. The van der Waals surface area contributed by atoms with E-state index in [0.29, 0.717) is 0 Å². The van der Waals surface area contributed by atoms with Gasteiger partial charge in [0.05, 0.1) is 13.0 Å². The van der Waals surface area contributed by atoms with Gasteiger partial charge in [0.15, 0.2) is 5.13 Å². The number of nitrogens with one attached hydrogen (secondary N) is 1. The van der Waals surface area contributed by atoms with Gasteiger partial charge in [-0.25, -0.2) is 4.68 Å². The molecule has 2 aromatic rings. The number of aromatic nitrogens is 6. The third-order valence-electron chi connectivity index (χ3n) is 6.76. The smallest absolute Gasteiger partial charge is 0.313 e. The molecular formula is C22H26N10O7S3. The van der Waals surface area contributed by atoms with Gasteiger partial charge in [-0.2, -0.15) is 9.36 Å². The van der Waals surface area contributed by atoms with Gasteiger partial charge < -0.3 is 31.0 Å². The fourth-order valence-corrected chi connectivity index (χ4v) is 7.66. The molecule has 4 heterocycles. The second-order valence-electron chi connectivity index (χ2n) is 9.72. The average Bonchev–Trinajstić information content (AvgIpc) is 3.62. The number of thioether (sulfide) groups is 2. The number of carbonyl (C=O) groups is 4. The summed E-state index contributed by atoms with van der Waals surface area (Å²) < 4.78 is 5.36. The Morgan fingerprint density at radius 1 is 1.33 bits per heavy atom. The predicted molar refractivity (Wildman–Crippen MR) is 149 cm³/mol. The average molecular weight is 639 g/mol. The first-order chi connectivity index (χ1) is 20.2. The van der Waals surface area contributed by atoms with Gasteiger partial charge in [0.1, 0.15) is 22.9 Å². The first kappa shape index (κ1) is 29.7. The summed E-state index contributed by atoms with van der Waals surface area (Å²) in [5.74, 6) is -3.11. The zero-order valence-corrected chi connectivity index (χ0v) is 24.3. The van der Waals surface area contributed by atoms with Crippen LogP contribution in [0.15, 0.2) is 22.5 Å². The number of carboxylic acids is 2. The Hall–Kier alpha value is -3.78. The number of anilines is 1. The molecule has 2 saturated heterocycles. The van der Waals surface area contributed by atoms with Crippen LogP contribution in [0.25, 0.3) is 0 Å². The van der Waals surface area contributed by atoms with Crippen molar-refractivity contribution in [3.63, 3.8) is 0 Å². The van der Waals surface area contributed by atoms with Crippen molar-refractivity contribution in [2.45, 2.75) is 54.9 Å². The summed E-state index contributed by atoms with van der Waals surface area (Å²) in [4.78, 5) is 60.7. The molecule has 0 saturated carbocycles. The normalized spacial score (nSPS) is 25.4. The van der Waals surface area contributed by atoms with Crippen LogP contribution in [0.3, 0.4) is 0 Å². The Balaban J connectivity index is 1.24. The molecule has 0 radical (unpaired) electrons. The topological polar surface area (TPSA) is 241 Å². The summed E-state index contributed by atoms with van der Waals surface area (Å²) in [5, 5.41) is 36.8. The van der Waals surface area contributed by atoms with Gasteiger partial charge in [-0.05, 0) is 35.8 Å². The molecule has 2 aliphatic heterocycles. The number of nitrogen functional groups attached to an aromatic ring is 1. The van der Waals surface area contributed by atoms with Gasteiger partial charge in [0, 0.05) is 29.6 Å². The van der Waals surface area contributed by atoms with Crippen molar-refractivity contribution in [3.05, 3.63) is 18.0 Å². The zero-order chi connectivity index (χ0) is 29.9. The highest BCUT2D eigenvalue weighted by Crippen LogP contribution is 2.44.